The van der Waals surface area contributed by atoms with Gasteiger partial charge in [-0.15, -0.1) is 11.3 Å². The zero-order valence-electron chi connectivity index (χ0n) is 11.3. The molecule has 1 aromatic rings. The average Bonchev–Trinajstić information content (AvgIpc) is 2.72. The molecule has 3 heteroatoms. The van der Waals surface area contributed by atoms with E-state index in [1.807, 2.05) is 11.3 Å². The van der Waals surface area contributed by atoms with Gasteiger partial charge in [0.15, 0.2) is 0 Å². The highest BCUT2D eigenvalue weighted by Crippen LogP contribution is 2.34. The molecule has 0 radical (unpaired) electrons. The molecule has 0 fully saturated rings. The predicted octanol–water partition coefficient (Wildman–Crippen LogP) is 3.37. The first-order valence-corrected chi connectivity index (χ1v) is 7.71. The molecule has 1 aromatic heterocycles. The normalized spacial score (nSPS) is 19.6. The topological polar surface area (TPSA) is 24.9 Å². The number of rotatable bonds is 5. The lowest BCUT2D eigenvalue weighted by molar-refractivity contribution is 0.472. The van der Waals surface area contributed by atoms with E-state index in [1.165, 1.54) is 30.0 Å². The SMILES string of the molecule is CCc1nc2c(s1)CCCC2CNCC(C)C. The number of aromatic nitrogens is 1. The van der Waals surface area contributed by atoms with Gasteiger partial charge in [-0.25, -0.2) is 4.98 Å². The van der Waals surface area contributed by atoms with Gasteiger partial charge in [0.05, 0.1) is 10.7 Å². The third-order valence-electron chi connectivity index (χ3n) is 3.36. The fraction of sp³-hybridized carbons (Fsp3) is 0.786. The molecule has 1 atom stereocenters. The molecule has 96 valence electrons. The van der Waals surface area contributed by atoms with E-state index in [2.05, 4.69) is 26.1 Å². The molecule has 0 saturated heterocycles. The van der Waals surface area contributed by atoms with Crippen molar-refractivity contribution in [2.24, 2.45) is 5.92 Å². The maximum absolute atomic E-state index is 4.83. The molecule has 17 heavy (non-hydrogen) atoms. The standard InChI is InChI=1S/C14H24N2S/c1-4-13-16-14-11(9-15-8-10(2)3)6-5-7-12(14)17-13/h10-11,15H,4-9H2,1-3H3. The molecule has 0 spiro atoms. The first kappa shape index (κ1) is 13.0. The van der Waals surface area contributed by atoms with Gasteiger partial charge in [-0.1, -0.05) is 20.8 Å². The monoisotopic (exact) mass is 252 g/mol. The molecule has 0 amide bonds. The minimum Gasteiger partial charge on any atom is -0.316 e. The van der Waals surface area contributed by atoms with Crippen LogP contribution in [0.25, 0.3) is 0 Å². The van der Waals surface area contributed by atoms with Crippen LogP contribution in [0, 0.1) is 5.92 Å². The van der Waals surface area contributed by atoms with Gasteiger partial charge in [0.25, 0.3) is 0 Å². The van der Waals surface area contributed by atoms with Crippen LogP contribution in [0.4, 0.5) is 0 Å². The smallest absolute Gasteiger partial charge is 0.0928 e. The van der Waals surface area contributed by atoms with E-state index < -0.39 is 0 Å². The van der Waals surface area contributed by atoms with Crippen LogP contribution >= 0.6 is 11.3 Å². The number of aryl methyl sites for hydroxylation is 2. The predicted molar refractivity (Wildman–Crippen MR) is 74.9 cm³/mol. The van der Waals surface area contributed by atoms with Crippen molar-refractivity contribution in [3.63, 3.8) is 0 Å². The molecule has 1 heterocycles. The molecular formula is C14H24N2S. The lowest BCUT2D eigenvalue weighted by atomic mass is 9.91. The Morgan fingerprint density at radius 3 is 3.00 bits per heavy atom. The van der Waals surface area contributed by atoms with Gasteiger partial charge in [0.1, 0.15) is 0 Å². The minimum absolute atomic E-state index is 0.661. The maximum atomic E-state index is 4.83. The van der Waals surface area contributed by atoms with E-state index in [4.69, 9.17) is 4.98 Å². The fourth-order valence-electron chi connectivity index (χ4n) is 2.45. The number of nitrogens with zero attached hydrogens (tertiary/aromatic N) is 1. The van der Waals surface area contributed by atoms with Crippen molar-refractivity contribution in [1.29, 1.82) is 0 Å². The number of nitrogens with one attached hydrogen (secondary N) is 1. The van der Waals surface area contributed by atoms with E-state index in [1.54, 1.807) is 4.88 Å². The van der Waals surface area contributed by atoms with Crippen LogP contribution in [0.5, 0.6) is 0 Å². The van der Waals surface area contributed by atoms with Crippen LogP contribution in [0.2, 0.25) is 0 Å². The lowest BCUT2D eigenvalue weighted by Crippen LogP contribution is -2.27. The summed E-state index contributed by atoms with van der Waals surface area (Å²) in [6.45, 7) is 8.96. The van der Waals surface area contributed by atoms with Crippen LogP contribution in [0.1, 0.15) is 55.1 Å². The summed E-state index contributed by atoms with van der Waals surface area (Å²) in [7, 11) is 0. The van der Waals surface area contributed by atoms with Gasteiger partial charge in [0.2, 0.25) is 0 Å². The second kappa shape index (κ2) is 5.96. The summed E-state index contributed by atoms with van der Waals surface area (Å²) in [6.07, 6.45) is 4.99. The highest BCUT2D eigenvalue weighted by atomic mass is 32.1. The lowest BCUT2D eigenvalue weighted by Gasteiger charge is -2.22. The Bertz CT molecular complexity index is 357. The van der Waals surface area contributed by atoms with E-state index in [0.29, 0.717) is 5.92 Å². The summed E-state index contributed by atoms with van der Waals surface area (Å²) in [6, 6.07) is 0. The summed E-state index contributed by atoms with van der Waals surface area (Å²) in [4.78, 5) is 6.39. The quantitative estimate of drug-likeness (QED) is 0.869. The largest absolute Gasteiger partial charge is 0.316 e. The Balaban J connectivity index is 1.98. The summed E-state index contributed by atoms with van der Waals surface area (Å²) in [5.74, 6) is 1.40. The Morgan fingerprint density at radius 2 is 2.29 bits per heavy atom. The molecule has 1 aliphatic rings. The summed E-state index contributed by atoms with van der Waals surface area (Å²) in [5.41, 5.74) is 1.41. The number of thiazole rings is 1. The Morgan fingerprint density at radius 1 is 1.47 bits per heavy atom. The van der Waals surface area contributed by atoms with Crippen molar-refractivity contribution in [2.45, 2.75) is 52.4 Å². The Labute approximate surface area is 109 Å². The maximum Gasteiger partial charge on any atom is 0.0928 e. The van der Waals surface area contributed by atoms with Crippen LogP contribution in [-0.2, 0) is 12.8 Å². The van der Waals surface area contributed by atoms with Gasteiger partial charge in [-0.3, -0.25) is 0 Å². The van der Waals surface area contributed by atoms with Crippen molar-refractivity contribution in [2.75, 3.05) is 13.1 Å². The van der Waals surface area contributed by atoms with Gasteiger partial charge in [0, 0.05) is 17.3 Å². The van der Waals surface area contributed by atoms with E-state index in [0.717, 1.165) is 25.4 Å². The van der Waals surface area contributed by atoms with Gasteiger partial charge >= 0.3 is 0 Å². The summed E-state index contributed by atoms with van der Waals surface area (Å²) < 4.78 is 0. The second-order valence-corrected chi connectivity index (χ2v) is 6.58. The summed E-state index contributed by atoms with van der Waals surface area (Å²) in [5, 5.41) is 4.91. The van der Waals surface area contributed by atoms with Crippen molar-refractivity contribution < 1.29 is 0 Å². The highest BCUT2D eigenvalue weighted by molar-refractivity contribution is 7.11. The number of hydrogen-bond acceptors (Lipinski definition) is 3. The van der Waals surface area contributed by atoms with Crippen LogP contribution in [-0.4, -0.2) is 18.1 Å². The first-order valence-electron chi connectivity index (χ1n) is 6.89. The number of fused-ring (bicyclic) bond motifs is 1. The minimum atomic E-state index is 0.661. The second-order valence-electron chi connectivity index (χ2n) is 5.41. The molecule has 0 aliphatic heterocycles. The van der Waals surface area contributed by atoms with Gasteiger partial charge in [-0.2, -0.15) is 0 Å². The molecule has 0 aromatic carbocycles. The molecular weight excluding hydrogens is 228 g/mol. The van der Waals surface area contributed by atoms with Crippen molar-refractivity contribution >= 4 is 11.3 Å². The third-order valence-corrected chi connectivity index (χ3v) is 4.64. The Hall–Kier alpha value is -0.410. The van der Waals surface area contributed by atoms with Crippen molar-refractivity contribution in [1.82, 2.24) is 10.3 Å². The molecule has 0 saturated carbocycles. The Kier molecular flexibility index (Phi) is 4.57. The highest BCUT2D eigenvalue weighted by Gasteiger charge is 2.23. The van der Waals surface area contributed by atoms with E-state index in [9.17, 15) is 0 Å². The van der Waals surface area contributed by atoms with Gasteiger partial charge in [-0.05, 0) is 38.1 Å². The van der Waals surface area contributed by atoms with E-state index in [-0.39, 0.29) is 0 Å². The van der Waals surface area contributed by atoms with Crippen LogP contribution in [0.15, 0.2) is 0 Å². The van der Waals surface area contributed by atoms with Gasteiger partial charge < -0.3 is 5.32 Å². The average molecular weight is 252 g/mol. The van der Waals surface area contributed by atoms with E-state index >= 15 is 0 Å². The summed E-state index contributed by atoms with van der Waals surface area (Å²) >= 11 is 1.94. The molecule has 1 unspecified atom stereocenters. The third kappa shape index (κ3) is 3.29. The van der Waals surface area contributed by atoms with Crippen LogP contribution in [0.3, 0.4) is 0 Å². The first-order chi connectivity index (χ1) is 8.20. The molecule has 0 bridgehead atoms. The zero-order chi connectivity index (χ0) is 12.3. The zero-order valence-corrected chi connectivity index (χ0v) is 12.1. The molecule has 1 N–H and O–H groups in total. The fourth-order valence-corrected chi connectivity index (χ4v) is 3.59. The molecule has 2 nitrogen and oxygen atoms in total. The van der Waals surface area contributed by atoms with Crippen molar-refractivity contribution in [3.8, 4) is 0 Å². The van der Waals surface area contributed by atoms with Crippen molar-refractivity contribution in [3.05, 3.63) is 15.6 Å². The van der Waals surface area contributed by atoms with Crippen LogP contribution < -0.4 is 5.32 Å². The number of hydrogen-bond donors (Lipinski definition) is 1. The molecule has 2 rings (SSSR count). The molecule has 1 aliphatic carbocycles.